The van der Waals surface area contributed by atoms with E-state index in [9.17, 15) is 14.0 Å². The van der Waals surface area contributed by atoms with E-state index in [0.29, 0.717) is 31.7 Å². The summed E-state index contributed by atoms with van der Waals surface area (Å²) in [5.74, 6) is -0.415. The van der Waals surface area contributed by atoms with Crippen molar-refractivity contribution in [3.63, 3.8) is 0 Å². The summed E-state index contributed by atoms with van der Waals surface area (Å²) in [6.07, 6.45) is -1.02. The van der Waals surface area contributed by atoms with Crippen LogP contribution in [-0.4, -0.2) is 53.9 Å². The van der Waals surface area contributed by atoms with E-state index in [4.69, 9.17) is 9.47 Å². The molecule has 0 aromatic heterocycles. The van der Waals surface area contributed by atoms with Crippen LogP contribution >= 0.6 is 0 Å². The number of piperazine rings is 1. The first-order chi connectivity index (χ1) is 11.7. The number of carbonyl (C=O) groups excluding carboxylic acids is 2. The van der Waals surface area contributed by atoms with Crippen LogP contribution in [0.25, 0.3) is 0 Å². The van der Waals surface area contributed by atoms with Gasteiger partial charge in [-0.25, -0.2) is 19.0 Å². The van der Waals surface area contributed by atoms with Crippen molar-refractivity contribution in [2.24, 2.45) is 0 Å². The third kappa shape index (κ3) is 6.22. The first-order valence-corrected chi connectivity index (χ1v) is 8.14. The predicted molar refractivity (Wildman–Crippen MR) is 89.1 cm³/mol. The first-order valence-electron chi connectivity index (χ1n) is 8.14. The van der Waals surface area contributed by atoms with Gasteiger partial charge in [-0.3, -0.25) is 5.43 Å². The van der Waals surface area contributed by atoms with Gasteiger partial charge in [-0.15, -0.1) is 0 Å². The minimum absolute atomic E-state index is 0.142. The highest BCUT2D eigenvalue weighted by molar-refractivity contribution is 5.68. The van der Waals surface area contributed by atoms with Gasteiger partial charge in [0.05, 0.1) is 0 Å². The van der Waals surface area contributed by atoms with Gasteiger partial charge >= 0.3 is 12.2 Å². The number of nitrogens with zero attached hydrogens (tertiary/aromatic N) is 2. The second-order valence-corrected chi connectivity index (χ2v) is 6.73. The van der Waals surface area contributed by atoms with E-state index in [1.165, 1.54) is 6.07 Å². The molecule has 1 aliphatic heterocycles. The number of hydrogen-bond acceptors (Lipinski definition) is 5. The molecule has 2 amide bonds. The molecule has 1 aliphatic rings. The van der Waals surface area contributed by atoms with Crippen molar-refractivity contribution in [2.45, 2.75) is 33.0 Å². The van der Waals surface area contributed by atoms with E-state index in [1.54, 1.807) is 28.1 Å². The minimum atomic E-state index is -0.658. The standard InChI is InChI=1S/C17H24FN3O4/c1-17(2,3)25-16(23)20-8-10-21(11-9-20)19-15(22)24-12-13-6-4-5-7-14(13)18/h4-7H,8-12H2,1-3H3,(H,19,22). The topological polar surface area (TPSA) is 71.1 Å². The summed E-state index contributed by atoms with van der Waals surface area (Å²) in [6, 6.07) is 6.12. The summed E-state index contributed by atoms with van der Waals surface area (Å²) in [5.41, 5.74) is 2.36. The Hall–Kier alpha value is -2.35. The molecular weight excluding hydrogens is 329 g/mol. The number of carbonyl (C=O) groups is 2. The minimum Gasteiger partial charge on any atom is -0.444 e. The maximum absolute atomic E-state index is 13.5. The van der Waals surface area contributed by atoms with Gasteiger partial charge in [0.1, 0.15) is 18.0 Å². The second kappa shape index (κ2) is 8.15. The molecule has 7 nitrogen and oxygen atoms in total. The third-order valence-corrected chi connectivity index (χ3v) is 3.50. The zero-order chi connectivity index (χ0) is 18.4. The van der Waals surface area contributed by atoms with Gasteiger partial charge in [0.15, 0.2) is 0 Å². The number of hydrazine groups is 1. The van der Waals surface area contributed by atoms with Crippen LogP contribution in [0.3, 0.4) is 0 Å². The van der Waals surface area contributed by atoms with E-state index >= 15 is 0 Å². The SMILES string of the molecule is CC(C)(C)OC(=O)N1CCN(NC(=O)OCc2ccccc2F)CC1. The van der Waals surface area contributed by atoms with Crippen LogP contribution in [0.1, 0.15) is 26.3 Å². The monoisotopic (exact) mass is 353 g/mol. The summed E-state index contributed by atoms with van der Waals surface area (Å²) < 4.78 is 23.8. The smallest absolute Gasteiger partial charge is 0.422 e. The number of benzene rings is 1. The fourth-order valence-electron chi connectivity index (χ4n) is 2.25. The zero-order valence-corrected chi connectivity index (χ0v) is 14.8. The van der Waals surface area contributed by atoms with Gasteiger partial charge in [0.2, 0.25) is 0 Å². The number of ether oxygens (including phenoxy) is 2. The Kier molecular flexibility index (Phi) is 6.19. The van der Waals surface area contributed by atoms with Gasteiger partial charge in [-0.1, -0.05) is 18.2 Å². The van der Waals surface area contributed by atoms with Gasteiger partial charge < -0.3 is 14.4 Å². The van der Waals surface area contributed by atoms with Gasteiger partial charge in [-0.2, -0.15) is 0 Å². The van der Waals surface area contributed by atoms with Crippen LogP contribution in [-0.2, 0) is 16.1 Å². The molecule has 1 N–H and O–H groups in total. The quantitative estimate of drug-likeness (QED) is 0.904. The van der Waals surface area contributed by atoms with Crippen molar-refractivity contribution in [1.29, 1.82) is 0 Å². The average molecular weight is 353 g/mol. The fourth-order valence-corrected chi connectivity index (χ4v) is 2.25. The van der Waals surface area contributed by atoms with Crippen LogP contribution in [0.2, 0.25) is 0 Å². The van der Waals surface area contributed by atoms with Gasteiger partial charge in [-0.05, 0) is 26.8 Å². The lowest BCUT2D eigenvalue weighted by Crippen LogP contribution is -2.55. The van der Waals surface area contributed by atoms with Crippen molar-refractivity contribution in [2.75, 3.05) is 26.2 Å². The molecule has 1 aromatic rings. The highest BCUT2D eigenvalue weighted by Crippen LogP contribution is 2.11. The molecule has 138 valence electrons. The molecule has 0 bridgehead atoms. The molecule has 0 aliphatic carbocycles. The van der Waals surface area contributed by atoms with Crippen LogP contribution in [0.5, 0.6) is 0 Å². The molecule has 2 rings (SSSR count). The fraction of sp³-hybridized carbons (Fsp3) is 0.529. The number of hydrogen-bond donors (Lipinski definition) is 1. The summed E-state index contributed by atoms with van der Waals surface area (Å²) in [4.78, 5) is 25.4. The van der Waals surface area contributed by atoms with Crippen molar-refractivity contribution in [3.05, 3.63) is 35.6 Å². The van der Waals surface area contributed by atoms with Crippen molar-refractivity contribution in [1.82, 2.24) is 15.3 Å². The van der Waals surface area contributed by atoms with Gasteiger partial charge in [0.25, 0.3) is 0 Å². The number of rotatable bonds is 3. The van der Waals surface area contributed by atoms with Gasteiger partial charge in [0, 0.05) is 31.7 Å². The molecule has 0 saturated carbocycles. The Morgan fingerprint density at radius 3 is 2.40 bits per heavy atom. The molecule has 0 unspecified atom stereocenters. The highest BCUT2D eigenvalue weighted by Gasteiger charge is 2.26. The van der Waals surface area contributed by atoms with Crippen molar-refractivity contribution < 1.29 is 23.5 Å². The summed E-state index contributed by atoms with van der Waals surface area (Å²) in [5, 5.41) is 1.66. The predicted octanol–water partition coefficient (Wildman–Crippen LogP) is 2.52. The summed E-state index contributed by atoms with van der Waals surface area (Å²) >= 11 is 0. The maximum atomic E-state index is 13.5. The largest absolute Gasteiger partial charge is 0.444 e. The first kappa shape index (κ1) is 19.0. The average Bonchev–Trinajstić information content (AvgIpc) is 2.53. The highest BCUT2D eigenvalue weighted by atomic mass is 19.1. The third-order valence-electron chi connectivity index (χ3n) is 3.50. The number of nitrogens with one attached hydrogen (secondary N) is 1. The van der Waals surface area contributed by atoms with Crippen molar-refractivity contribution in [3.8, 4) is 0 Å². The van der Waals surface area contributed by atoms with E-state index in [1.807, 2.05) is 20.8 Å². The van der Waals surface area contributed by atoms with Crippen LogP contribution in [0, 0.1) is 5.82 Å². The van der Waals surface area contributed by atoms with Crippen molar-refractivity contribution >= 4 is 12.2 Å². The maximum Gasteiger partial charge on any atom is 0.422 e. The molecule has 1 heterocycles. The lowest BCUT2D eigenvalue weighted by molar-refractivity contribution is 0.00873. The molecule has 0 spiro atoms. The lowest BCUT2D eigenvalue weighted by Gasteiger charge is -2.35. The Morgan fingerprint density at radius 1 is 1.16 bits per heavy atom. The second-order valence-electron chi connectivity index (χ2n) is 6.73. The zero-order valence-electron chi connectivity index (χ0n) is 14.8. The molecule has 1 fully saturated rings. The van der Waals surface area contributed by atoms with Crippen LogP contribution < -0.4 is 5.43 Å². The number of amides is 2. The van der Waals surface area contributed by atoms with E-state index in [0.717, 1.165) is 0 Å². The number of halogens is 1. The van der Waals surface area contributed by atoms with Crippen LogP contribution in [0.4, 0.5) is 14.0 Å². The Labute approximate surface area is 146 Å². The molecule has 25 heavy (non-hydrogen) atoms. The molecule has 8 heteroatoms. The normalized spacial score (nSPS) is 15.6. The summed E-state index contributed by atoms with van der Waals surface area (Å²) in [7, 11) is 0. The molecule has 0 radical (unpaired) electrons. The van der Waals surface area contributed by atoms with E-state index in [2.05, 4.69) is 5.43 Å². The molecule has 1 saturated heterocycles. The Bertz CT molecular complexity index is 610. The Balaban J connectivity index is 1.72. The lowest BCUT2D eigenvalue weighted by atomic mass is 10.2. The molecular formula is C17H24FN3O4. The Morgan fingerprint density at radius 2 is 1.80 bits per heavy atom. The van der Waals surface area contributed by atoms with Crippen LogP contribution in [0.15, 0.2) is 24.3 Å². The van der Waals surface area contributed by atoms with E-state index < -0.39 is 17.5 Å². The summed E-state index contributed by atoms with van der Waals surface area (Å²) in [6.45, 7) is 7.07. The molecule has 0 atom stereocenters. The molecule has 1 aromatic carbocycles. The van der Waals surface area contributed by atoms with E-state index in [-0.39, 0.29) is 12.7 Å².